The normalized spacial score (nSPS) is 10.5. The molecule has 0 unspecified atom stereocenters. The van der Waals surface area contributed by atoms with Crippen molar-refractivity contribution in [3.05, 3.63) is 62.9 Å². The number of hydrogen-bond acceptors (Lipinski definition) is 12. The number of halogens is 2. The first kappa shape index (κ1) is 36.2. The van der Waals surface area contributed by atoms with Crippen LogP contribution in [-0.4, -0.2) is 66.2 Å². The van der Waals surface area contributed by atoms with Crippen LogP contribution in [0.2, 0.25) is 10.3 Å². The largest absolute Gasteiger partial charge is 0.480 e. The van der Waals surface area contributed by atoms with Crippen molar-refractivity contribution in [3.63, 3.8) is 0 Å². The molecule has 42 heavy (non-hydrogen) atoms. The van der Waals surface area contributed by atoms with Crippen LogP contribution in [0.1, 0.15) is 20.8 Å². The van der Waals surface area contributed by atoms with Gasteiger partial charge in [-0.2, -0.15) is 15.0 Å². The lowest BCUT2D eigenvalue weighted by Crippen LogP contribution is -2.23. The molecule has 0 radical (unpaired) electrons. The number of nitrogens with two attached hydrogens (primary N) is 1. The number of nitrogens with one attached hydrogen (secondary N) is 3. The van der Waals surface area contributed by atoms with Gasteiger partial charge in [-0.15, -0.1) is 0 Å². The zero-order valence-corrected chi connectivity index (χ0v) is 25.1. The summed E-state index contributed by atoms with van der Waals surface area (Å²) in [5, 5.41) is 27.0. The molecule has 3 aromatic rings. The number of carboxylic acid groups (broad SMARTS) is 1. The number of hydrogen-bond donors (Lipinski definition) is 7. The minimum atomic E-state index is -4.10. The number of ether oxygens (including phenoxy) is 1. The number of nitrogen functional groups attached to an aromatic ring is 1. The molecule has 3 rings (SSSR count). The Morgan fingerprint density at radius 2 is 1.74 bits per heavy atom. The van der Waals surface area contributed by atoms with E-state index in [1.54, 1.807) is 24.3 Å². The monoisotopic (exact) mass is 648 g/mol. The van der Waals surface area contributed by atoms with Gasteiger partial charge in [-0.05, 0) is 50.6 Å². The van der Waals surface area contributed by atoms with Crippen molar-refractivity contribution in [2.24, 2.45) is 0 Å². The average Bonchev–Trinajstić information content (AvgIpc) is 2.86. The minimum Gasteiger partial charge on any atom is -0.480 e. The molecule has 0 saturated carbocycles. The standard InChI is InChI=1S/C12H9ClN2O3.C8H14ClN5.C3H8NO5P/c13-11-10(18-8-4-2-1-3-5-8)7-6-9(12(11)14)15(16)17;1-4-10-7-12-6(9)13-8(14-7)11-5(2)3;5-3(6)1-4-2-10(7,8)9/h1-7H,14H2;5H,4H2,1-3H3,(H2,10,11,12,13,14);4H,1-2H2,(H,5,6)(H2,7,8,9). The molecule has 0 bridgehead atoms. The Balaban J connectivity index is 0.000000330. The number of carbonyl (C=O) groups is 1. The van der Waals surface area contributed by atoms with Gasteiger partial charge in [0.15, 0.2) is 0 Å². The molecule has 2 aromatic carbocycles. The third-order valence-corrected chi connectivity index (χ3v) is 5.44. The van der Waals surface area contributed by atoms with Crippen LogP contribution in [0.25, 0.3) is 0 Å². The van der Waals surface area contributed by atoms with Crippen LogP contribution in [0.15, 0.2) is 42.5 Å². The van der Waals surface area contributed by atoms with Gasteiger partial charge >= 0.3 is 13.6 Å². The Labute approximate surface area is 251 Å². The lowest BCUT2D eigenvalue weighted by atomic mass is 10.2. The first-order valence-electron chi connectivity index (χ1n) is 12.0. The van der Waals surface area contributed by atoms with Crippen molar-refractivity contribution in [1.82, 2.24) is 20.3 Å². The lowest BCUT2D eigenvalue weighted by molar-refractivity contribution is -0.383. The van der Waals surface area contributed by atoms with Gasteiger partial charge in [-0.25, -0.2) is 0 Å². The molecule has 0 aliphatic carbocycles. The number of para-hydroxylation sites is 1. The number of nitro groups is 1. The molecule has 0 atom stereocenters. The van der Waals surface area contributed by atoms with E-state index in [-0.39, 0.29) is 33.5 Å². The fourth-order valence-electron chi connectivity index (χ4n) is 2.63. The third-order valence-electron chi connectivity index (χ3n) is 4.24. The molecule has 230 valence electrons. The molecule has 1 heterocycles. The molecule has 0 amide bonds. The Bertz CT molecular complexity index is 1370. The van der Waals surface area contributed by atoms with E-state index in [1.165, 1.54) is 12.1 Å². The summed E-state index contributed by atoms with van der Waals surface area (Å²) in [7, 11) is -4.10. The van der Waals surface area contributed by atoms with Crippen LogP contribution in [0.5, 0.6) is 11.5 Å². The average molecular weight is 649 g/mol. The zero-order chi connectivity index (χ0) is 31.9. The topological polar surface area (TPSA) is 248 Å². The van der Waals surface area contributed by atoms with Crippen LogP contribution >= 0.6 is 30.8 Å². The van der Waals surface area contributed by atoms with Gasteiger partial charge in [0, 0.05) is 18.7 Å². The lowest BCUT2D eigenvalue weighted by Gasteiger charge is -2.09. The minimum absolute atomic E-state index is 0.0352. The number of nitrogens with zero attached hydrogens (tertiary/aromatic N) is 4. The molecule has 0 saturated heterocycles. The summed E-state index contributed by atoms with van der Waals surface area (Å²) in [6.07, 6.45) is -0.598. The van der Waals surface area contributed by atoms with Gasteiger partial charge in [0.05, 0.1) is 17.8 Å². The van der Waals surface area contributed by atoms with Gasteiger partial charge < -0.3 is 36.0 Å². The molecule has 0 spiro atoms. The second-order valence-electron chi connectivity index (χ2n) is 8.21. The number of carboxylic acids is 1. The van der Waals surface area contributed by atoms with Crippen LogP contribution in [-0.2, 0) is 9.36 Å². The number of anilines is 3. The summed E-state index contributed by atoms with van der Waals surface area (Å²) >= 11 is 11.7. The molecule has 19 heteroatoms. The van der Waals surface area contributed by atoms with Crippen molar-refractivity contribution < 1.29 is 33.9 Å². The van der Waals surface area contributed by atoms with E-state index >= 15 is 0 Å². The van der Waals surface area contributed by atoms with E-state index in [2.05, 4.69) is 30.9 Å². The maximum Gasteiger partial charge on any atom is 0.339 e. The third kappa shape index (κ3) is 14.7. The smallest absolute Gasteiger partial charge is 0.339 e. The summed E-state index contributed by atoms with van der Waals surface area (Å²) in [4.78, 5) is 48.2. The Hall–Kier alpha value is -3.79. The molecule has 16 nitrogen and oxygen atoms in total. The van der Waals surface area contributed by atoms with Crippen molar-refractivity contribution >= 4 is 60.0 Å². The summed E-state index contributed by atoms with van der Waals surface area (Å²) < 4.78 is 15.5. The van der Waals surface area contributed by atoms with Crippen LogP contribution in [0, 0.1) is 10.1 Å². The van der Waals surface area contributed by atoms with Gasteiger partial charge in [0.2, 0.25) is 17.2 Å². The summed E-state index contributed by atoms with van der Waals surface area (Å²) in [5.41, 5.74) is 5.25. The second kappa shape index (κ2) is 17.9. The van der Waals surface area contributed by atoms with Gasteiger partial charge in [-0.1, -0.05) is 29.8 Å². The first-order valence-corrected chi connectivity index (χ1v) is 14.5. The van der Waals surface area contributed by atoms with E-state index in [0.29, 0.717) is 17.6 Å². The maximum absolute atomic E-state index is 10.7. The van der Waals surface area contributed by atoms with Gasteiger partial charge in [0.1, 0.15) is 22.2 Å². The number of benzene rings is 2. The van der Waals surface area contributed by atoms with E-state index in [1.807, 2.05) is 26.8 Å². The van der Waals surface area contributed by atoms with E-state index in [9.17, 15) is 19.5 Å². The van der Waals surface area contributed by atoms with Crippen molar-refractivity contribution in [1.29, 1.82) is 0 Å². The number of aliphatic carboxylic acids is 1. The molecule has 0 aliphatic heterocycles. The zero-order valence-electron chi connectivity index (χ0n) is 22.7. The van der Waals surface area contributed by atoms with Crippen molar-refractivity contribution in [2.45, 2.75) is 26.8 Å². The summed E-state index contributed by atoms with van der Waals surface area (Å²) in [6.45, 7) is 6.29. The van der Waals surface area contributed by atoms with Crippen molar-refractivity contribution in [2.75, 3.05) is 35.7 Å². The molecular formula is C23H31Cl2N8O8P. The van der Waals surface area contributed by atoms with Gasteiger partial charge in [0.25, 0.3) is 5.69 Å². The summed E-state index contributed by atoms with van der Waals surface area (Å²) in [6, 6.07) is 11.9. The Morgan fingerprint density at radius 3 is 2.26 bits per heavy atom. The number of aromatic nitrogens is 3. The maximum atomic E-state index is 10.7. The van der Waals surface area contributed by atoms with Crippen LogP contribution in [0.4, 0.5) is 23.3 Å². The highest BCUT2D eigenvalue weighted by molar-refractivity contribution is 7.51. The molecule has 0 aliphatic rings. The predicted octanol–water partition coefficient (Wildman–Crippen LogP) is 4.20. The second-order valence-corrected chi connectivity index (χ2v) is 10.6. The highest BCUT2D eigenvalue weighted by Crippen LogP contribution is 2.38. The molecular weight excluding hydrogens is 618 g/mol. The quantitative estimate of drug-likeness (QED) is 0.0666. The molecule has 1 aromatic heterocycles. The van der Waals surface area contributed by atoms with Crippen LogP contribution < -0.4 is 26.4 Å². The first-order chi connectivity index (χ1) is 19.6. The highest BCUT2D eigenvalue weighted by atomic mass is 35.5. The fraction of sp³-hybridized carbons (Fsp3) is 0.304. The molecule has 0 fully saturated rings. The van der Waals surface area contributed by atoms with E-state index in [4.69, 9.17) is 48.6 Å². The van der Waals surface area contributed by atoms with Crippen LogP contribution in [0.3, 0.4) is 0 Å². The Kier molecular flexibility index (Phi) is 15.4. The SMILES string of the molecule is CCNc1nc(Cl)nc(NC(C)C)n1.Nc1c([N+](=O)[O-])ccc(Oc2ccccc2)c1Cl.O=C(O)CNCP(=O)(O)O. The van der Waals surface area contributed by atoms with E-state index < -0.39 is 31.3 Å². The number of rotatable bonds is 11. The molecule has 8 N–H and O–H groups in total. The summed E-state index contributed by atoms with van der Waals surface area (Å²) in [5.74, 6) is 0.707. The highest BCUT2D eigenvalue weighted by Gasteiger charge is 2.18. The fourth-order valence-corrected chi connectivity index (χ4v) is 3.40. The predicted molar refractivity (Wildman–Crippen MR) is 159 cm³/mol. The number of nitro benzene ring substituents is 1. The van der Waals surface area contributed by atoms with E-state index in [0.717, 1.165) is 6.54 Å². The van der Waals surface area contributed by atoms with Gasteiger partial charge in [-0.3, -0.25) is 24.8 Å². The Morgan fingerprint density at radius 1 is 1.12 bits per heavy atom. The van der Waals surface area contributed by atoms with Crippen molar-refractivity contribution in [3.8, 4) is 11.5 Å².